The van der Waals surface area contributed by atoms with Gasteiger partial charge in [0.25, 0.3) is 5.91 Å². The lowest BCUT2D eigenvalue weighted by molar-refractivity contribution is -0.143. The molecule has 33 heavy (non-hydrogen) atoms. The van der Waals surface area contributed by atoms with Gasteiger partial charge in [0.05, 0.1) is 7.11 Å². The molecule has 0 aliphatic rings. The van der Waals surface area contributed by atoms with Crippen molar-refractivity contribution in [3.63, 3.8) is 0 Å². The lowest BCUT2D eigenvalue weighted by atomic mass is 10.0. The fourth-order valence-electron chi connectivity index (χ4n) is 3.66. The van der Waals surface area contributed by atoms with Crippen molar-refractivity contribution in [3.8, 4) is 11.5 Å². The van der Waals surface area contributed by atoms with Gasteiger partial charge in [-0.2, -0.15) is 0 Å². The first-order chi connectivity index (χ1) is 15.9. The minimum absolute atomic E-state index is 0.126. The molecule has 0 radical (unpaired) electrons. The average molecular weight is 455 g/mol. The molecule has 6 nitrogen and oxygen atoms in total. The van der Waals surface area contributed by atoms with E-state index in [2.05, 4.69) is 26.1 Å². The second-order valence-corrected chi connectivity index (χ2v) is 8.42. The Morgan fingerprint density at radius 3 is 2.33 bits per heavy atom. The summed E-state index contributed by atoms with van der Waals surface area (Å²) in [6.45, 7) is 8.98. The van der Waals surface area contributed by atoms with Gasteiger partial charge in [-0.25, -0.2) is 0 Å². The summed E-state index contributed by atoms with van der Waals surface area (Å²) < 4.78 is 11.2. The number of nitrogens with zero attached hydrogens (tertiary/aromatic N) is 1. The summed E-state index contributed by atoms with van der Waals surface area (Å²) in [4.78, 5) is 27.9. The molecule has 6 heteroatoms. The zero-order chi connectivity index (χ0) is 24.2. The third-order valence-corrected chi connectivity index (χ3v) is 5.62. The van der Waals surface area contributed by atoms with Crippen LogP contribution in [0.25, 0.3) is 0 Å². The summed E-state index contributed by atoms with van der Waals surface area (Å²) >= 11 is 0. The number of carbonyl (C=O) groups excluding carboxylic acids is 2. The maximum atomic E-state index is 13.4. The molecule has 0 aliphatic heterocycles. The molecule has 1 atom stereocenters. The Labute approximate surface area is 198 Å². The number of nitrogens with one attached hydrogen (secondary N) is 1. The minimum Gasteiger partial charge on any atom is -0.497 e. The van der Waals surface area contributed by atoms with Crippen LogP contribution < -0.4 is 14.8 Å². The Kier molecular flexibility index (Phi) is 10.7. The van der Waals surface area contributed by atoms with Crippen LogP contribution >= 0.6 is 0 Å². The van der Waals surface area contributed by atoms with Crippen LogP contribution in [0.1, 0.15) is 64.0 Å². The van der Waals surface area contributed by atoms with Gasteiger partial charge >= 0.3 is 0 Å². The largest absolute Gasteiger partial charge is 0.497 e. The molecule has 0 spiro atoms. The number of hydrogen-bond acceptors (Lipinski definition) is 4. The molecule has 0 aliphatic carbocycles. The predicted octanol–water partition coefficient (Wildman–Crippen LogP) is 4.92. The number of rotatable bonds is 13. The molecule has 0 saturated heterocycles. The van der Waals surface area contributed by atoms with Crippen molar-refractivity contribution in [2.45, 2.75) is 65.5 Å². The van der Waals surface area contributed by atoms with Crippen molar-refractivity contribution in [2.75, 3.05) is 20.3 Å². The number of carbonyl (C=O) groups is 2. The van der Waals surface area contributed by atoms with E-state index in [-0.39, 0.29) is 24.3 Å². The Balaban J connectivity index is 2.22. The van der Waals surface area contributed by atoms with Crippen LogP contribution in [0, 0.1) is 0 Å². The monoisotopic (exact) mass is 454 g/mol. The smallest absolute Gasteiger partial charge is 0.261 e. The second-order valence-electron chi connectivity index (χ2n) is 8.42. The van der Waals surface area contributed by atoms with E-state index < -0.39 is 6.04 Å². The van der Waals surface area contributed by atoms with Crippen molar-refractivity contribution in [3.05, 3.63) is 59.7 Å². The maximum absolute atomic E-state index is 13.4. The quantitative estimate of drug-likeness (QED) is 0.436. The molecule has 0 unspecified atom stereocenters. The van der Waals surface area contributed by atoms with E-state index in [0.717, 1.165) is 29.7 Å². The van der Waals surface area contributed by atoms with Gasteiger partial charge in [0, 0.05) is 13.1 Å². The Bertz CT molecular complexity index is 880. The van der Waals surface area contributed by atoms with E-state index in [0.29, 0.717) is 25.3 Å². The summed E-state index contributed by atoms with van der Waals surface area (Å²) in [5.41, 5.74) is 1.97. The SMILES string of the molecule is CCCCNC(=O)[C@@H](CC)N(Cc1ccc(OC)cc1)C(=O)COc1ccccc1C(C)C. The summed E-state index contributed by atoms with van der Waals surface area (Å²) in [5.74, 6) is 1.37. The highest BCUT2D eigenvalue weighted by Crippen LogP contribution is 2.26. The number of methoxy groups -OCH3 is 1. The highest BCUT2D eigenvalue weighted by Gasteiger charge is 2.29. The number of hydrogen-bond donors (Lipinski definition) is 1. The first-order valence-corrected chi connectivity index (χ1v) is 11.8. The van der Waals surface area contributed by atoms with Crippen molar-refractivity contribution in [1.82, 2.24) is 10.2 Å². The van der Waals surface area contributed by atoms with Gasteiger partial charge in [-0.05, 0) is 48.1 Å². The Hall–Kier alpha value is -3.02. The third-order valence-electron chi connectivity index (χ3n) is 5.62. The highest BCUT2D eigenvalue weighted by molar-refractivity contribution is 5.88. The fraction of sp³-hybridized carbons (Fsp3) is 0.481. The van der Waals surface area contributed by atoms with Gasteiger partial charge in [0.1, 0.15) is 17.5 Å². The van der Waals surface area contributed by atoms with Gasteiger partial charge < -0.3 is 19.7 Å². The Morgan fingerprint density at radius 2 is 1.73 bits per heavy atom. The lowest BCUT2D eigenvalue weighted by Crippen LogP contribution is -2.50. The van der Waals surface area contributed by atoms with Crippen LogP contribution in [0.3, 0.4) is 0 Å². The van der Waals surface area contributed by atoms with Crippen LogP contribution in [0.4, 0.5) is 0 Å². The van der Waals surface area contributed by atoms with E-state index in [1.165, 1.54) is 0 Å². The van der Waals surface area contributed by atoms with Crippen molar-refractivity contribution in [1.29, 1.82) is 0 Å². The first kappa shape index (κ1) is 26.2. The summed E-state index contributed by atoms with van der Waals surface area (Å²) in [7, 11) is 1.62. The predicted molar refractivity (Wildman–Crippen MR) is 132 cm³/mol. The number of amides is 2. The molecule has 2 aromatic rings. The van der Waals surface area contributed by atoms with E-state index in [1.807, 2.05) is 55.5 Å². The lowest BCUT2D eigenvalue weighted by Gasteiger charge is -2.30. The van der Waals surface area contributed by atoms with Crippen LogP contribution in [0.2, 0.25) is 0 Å². The average Bonchev–Trinajstić information content (AvgIpc) is 2.83. The summed E-state index contributed by atoms with van der Waals surface area (Å²) in [5, 5.41) is 2.98. The molecule has 0 aromatic heterocycles. The van der Waals surface area contributed by atoms with Crippen molar-refractivity contribution in [2.24, 2.45) is 0 Å². The van der Waals surface area contributed by atoms with Gasteiger partial charge in [0.15, 0.2) is 6.61 Å². The van der Waals surface area contributed by atoms with Crippen molar-refractivity contribution >= 4 is 11.8 Å². The van der Waals surface area contributed by atoms with E-state index >= 15 is 0 Å². The molecular formula is C27H38N2O4. The molecule has 2 aromatic carbocycles. The van der Waals surface area contributed by atoms with Gasteiger partial charge in [-0.15, -0.1) is 0 Å². The van der Waals surface area contributed by atoms with Crippen molar-refractivity contribution < 1.29 is 19.1 Å². The molecule has 2 rings (SSSR count). The number of benzene rings is 2. The zero-order valence-electron chi connectivity index (χ0n) is 20.6. The molecule has 1 N–H and O–H groups in total. The Morgan fingerprint density at radius 1 is 1.03 bits per heavy atom. The molecular weight excluding hydrogens is 416 g/mol. The number of para-hydroxylation sites is 1. The van der Waals surface area contributed by atoms with Crippen LogP contribution in [-0.2, 0) is 16.1 Å². The zero-order valence-corrected chi connectivity index (χ0v) is 20.6. The van der Waals surface area contributed by atoms with Crippen LogP contribution in [0.15, 0.2) is 48.5 Å². The fourth-order valence-corrected chi connectivity index (χ4v) is 3.66. The van der Waals surface area contributed by atoms with Gasteiger partial charge in [-0.1, -0.05) is 64.4 Å². The standard InChI is InChI=1S/C27H38N2O4/c1-6-8-17-28-27(31)24(7-2)29(18-21-13-15-22(32-5)16-14-21)26(30)19-33-25-12-10-9-11-23(25)20(3)4/h9-16,20,24H,6-8,17-19H2,1-5H3,(H,28,31)/t24-/m1/s1. The molecule has 0 bridgehead atoms. The molecule has 0 fully saturated rings. The first-order valence-electron chi connectivity index (χ1n) is 11.8. The highest BCUT2D eigenvalue weighted by atomic mass is 16.5. The third kappa shape index (κ3) is 7.81. The summed E-state index contributed by atoms with van der Waals surface area (Å²) in [6, 6.07) is 14.7. The molecule has 180 valence electrons. The van der Waals surface area contributed by atoms with E-state index in [9.17, 15) is 9.59 Å². The van der Waals surface area contributed by atoms with Crippen LogP contribution in [-0.4, -0.2) is 43.0 Å². The normalized spacial score (nSPS) is 11.7. The molecule has 0 heterocycles. The number of ether oxygens (including phenoxy) is 2. The topological polar surface area (TPSA) is 67.9 Å². The van der Waals surface area contributed by atoms with Gasteiger partial charge in [-0.3, -0.25) is 9.59 Å². The maximum Gasteiger partial charge on any atom is 0.261 e. The second kappa shape index (κ2) is 13.5. The molecule has 0 saturated carbocycles. The van der Waals surface area contributed by atoms with E-state index in [1.54, 1.807) is 12.0 Å². The van der Waals surface area contributed by atoms with E-state index in [4.69, 9.17) is 9.47 Å². The summed E-state index contributed by atoms with van der Waals surface area (Å²) in [6.07, 6.45) is 2.42. The van der Waals surface area contributed by atoms with Crippen LogP contribution in [0.5, 0.6) is 11.5 Å². The number of unbranched alkanes of at least 4 members (excludes halogenated alkanes) is 1. The van der Waals surface area contributed by atoms with Gasteiger partial charge in [0.2, 0.25) is 5.91 Å². The minimum atomic E-state index is -0.569. The molecule has 2 amide bonds.